The lowest BCUT2D eigenvalue weighted by Crippen LogP contribution is -2.23. The number of nitrogens with zero attached hydrogens (tertiary/aromatic N) is 1. The lowest BCUT2D eigenvalue weighted by atomic mass is 10.2. The highest BCUT2D eigenvalue weighted by Crippen LogP contribution is 2.28. The maximum absolute atomic E-state index is 12.2. The largest absolute Gasteiger partial charge is 0.497 e. The van der Waals surface area contributed by atoms with Crippen LogP contribution in [0.1, 0.15) is 13.8 Å². The van der Waals surface area contributed by atoms with Crippen LogP contribution in [0, 0.1) is 0 Å². The first-order valence-electron chi connectivity index (χ1n) is 8.72. The summed E-state index contributed by atoms with van der Waals surface area (Å²) in [7, 11) is 3.19. The Hall–Kier alpha value is -2.89. The van der Waals surface area contributed by atoms with E-state index in [-0.39, 0.29) is 12.5 Å². The number of amides is 1. The van der Waals surface area contributed by atoms with Crippen molar-refractivity contribution in [3.8, 4) is 11.5 Å². The highest BCUT2D eigenvalue weighted by molar-refractivity contribution is 5.94. The van der Waals surface area contributed by atoms with Gasteiger partial charge in [0.15, 0.2) is 0 Å². The molecule has 0 unspecified atom stereocenters. The lowest BCUT2D eigenvalue weighted by molar-refractivity contribution is -0.114. The monoisotopic (exact) mass is 357 g/mol. The zero-order chi connectivity index (χ0) is 18.9. The van der Waals surface area contributed by atoms with E-state index >= 15 is 0 Å². The third-order valence-corrected chi connectivity index (χ3v) is 4.13. The van der Waals surface area contributed by atoms with Crippen LogP contribution in [-0.2, 0) is 4.79 Å². The lowest BCUT2D eigenvalue weighted by Gasteiger charge is -2.21. The molecule has 0 aromatic heterocycles. The zero-order valence-corrected chi connectivity index (χ0v) is 15.8. The van der Waals surface area contributed by atoms with Gasteiger partial charge in [-0.25, -0.2) is 0 Å². The van der Waals surface area contributed by atoms with Crippen LogP contribution in [0.5, 0.6) is 11.5 Å². The van der Waals surface area contributed by atoms with Gasteiger partial charge in [0, 0.05) is 30.5 Å². The standard InChI is InChI=1S/C20H27N3O3/c1-5-23(6-2)16-9-7-15(8-10-16)22-20(24)14-21-18-13-17(25-3)11-12-19(18)26-4/h7-13,21H,5-6,14H2,1-4H3,(H,22,24). The van der Waals surface area contributed by atoms with Gasteiger partial charge in [-0.1, -0.05) is 0 Å². The van der Waals surface area contributed by atoms with Crippen molar-refractivity contribution in [2.24, 2.45) is 0 Å². The molecule has 140 valence electrons. The Morgan fingerprint density at radius 1 is 1.00 bits per heavy atom. The summed E-state index contributed by atoms with van der Waals surface area (Å²) in [5.41, 5.74) is 2.62. The van der Waals surface area contributed by atoms with Gasteiger partial charge in [0.2, 0.25) is 5.91 Å². The van der Waals surface area contributed by atoms with Gasteiger partial charge in [0.05, 0.1) is 26.5 Å². The fourth-order valence-electron chi connectivity index (χ4n) is 2.68. The molecule has 26 heavy (non-hydrogen) atoms. The molecule has 2 rings (SSSR count). The number of anilines is 3. The first-order valence-corrected chi connectivity index (χ1v) is 8.72. The van der Waals surface area contributed by atoms with E-state index in [0.29, 0.717) is 17.2 Å². The second kappa shape index (κ2) is 9.56. The fourth-order valence-corrected chi connectivity index (χ4v) is 2.68. The van der Waals surface area contributed by atoms with E-state index in [1.54, 1.807) is 26.4 Å². The summed E-state index contributed by atoms with van der Waals surface area (Å²) in [5.74, 6) is 1.22. The van der Waals surface area contributed by atoms with Crippen LogP contribution < -0.4 is 25.0 Å². The predicted molar refractivity (Wildman–Crippen MR) is 107 cm³/mol. The van der Waals surface area contributed by atoms with Crippen LogP contribution in [0.25, 0.3) is 0 Å². The van der Waals surface area contributed by atoms with Crippen molar-refractivity contribution < 1.29 is 14.3 Å². The molecule has 0 saturated carbocycles. The van der Waals surface area contributed by atoms with Gasteiger partial charge in [-0.05, 0) is 50.2 Å². The maximum Gasteiger partial charge on any atom is 0.243 e. The normalized spacial score (nSPS) is 10.2. The molecule has 0 spiro atoms. The third kappa shape index (κ3) is 5.05. The quantitative estimate of drug-likeness (QED) is 0.718. The molecule has 0 aliphatic rings. The summed E-state index contributed by atoms with van der Waals surface area (Å²) in [6, 6.07) is 13.3. The molecule has 0 heterocycles. The van der Waals surface area contributed by atoms with Gasteiger partial charge in [0.25, 0.3) is 0 Å². The van der Waals surface area contributed by atoms with Crippen LogP contribution in [-0.4, -0.2) is 39.8 Å². The third-order valence-electron chi connectivity index (χ3n) is 4.13. The number of carbonyl (C=O) groups excluding carboxylic acids is 1. The number of rotatable bonds is 9. The molecule has 0 radical (unpaired) electrons. The van der Waals surface area contributed by atoms with Crippen molar-refractivity contribution in [1.82, 2.24) is 0 Å². The molecule has 6 nitrogen and oxygen atoms in total. The second-order valence-electron chi connectivity index (χ2n) is 5.69. The first kappa shape index (κ1) is 19.4. The summed E-state index contributed by atoms with van der Waals surface area (Å²) in [6.07, 6.45) is 0. The van der Waals surface area contributed by atoms with Gasteiger partial charge in [0.1, 0.15) is 11.5 Å². The van der Waals surface area contributed by atoms with Crippen LogP contribution in [0.15, 0.2) is 42.5 Å². The number of hydrogen-bond donors (Lipinski definition) is 2. The molecular formula is C20H27N3O3. The highest BCUT2D eigenvalue weighted by atomic mass is 16.5. The van der Waals surface area contributed by atoms with Crippen molar-refractivity contribution in [1.29, 1.82) is 0 Å². The SMILES string of the molecule is CCN(CC)c1ccc(NC(=O)CNc2cc(OC)ccc2OC)cc1. The molecule has 0 fully saturated rings. The maximum atomic E-state index is 12.2. The molecule has 0 atom stereocenters. The second-order valence-corrected chi connectivity index (χ2v) is 5.69. The number of ether oxygens (including phenoxy) is 2. The Morgan fingerprint density at radius 2 is 1.69 bits per heavy atom. The molecule has 0 aliphatic heterocycles. The van der Waals surface area contributed by atoms with Crippen LogP contribution in [0.2, 0.25) is 0 Å². The van der Waals surface area contributed by atoms with Crippen molar-refractivity contribution in [2.45, 2.75) is 13.8 Å². The van der Waals surface area contributed by atoms with E-state index in [1.165, 1.54) is 0 Å². The summed E-state index contributed by atoms with van der Waals surface area (Å²) < 4.78 is 10.5. The van der Waals surface area contributed by atoms with Gasteiger partial charge >= 0.3 is 0 Å². The van der Waals surface area contributed by atoms with Gasteiger partial charge in [-0.3, -0.25) is 4.79 Å². The molecule has 0 aliphatic carbocycles. The minimum atomic E-state index is -0.134. The summed E-state index contributed by atoms with van der Waals surface area (Å²) in [5, 5.41) is 5.97. The Kier molecular flexibility index (Phi) is 7.14. The smallest absolute Gasteiger partial charge is 0.243 e. The number of hydrogen-bond acceptors (Lipinski definition) is 5. The summed E-state index contributed by atoms with van der Waals surface area (Å²) in [6.45, 7) is 6.28. The molecule has 0 saturated heterocycles. The van der Waals surface area contributed by atoms with Crippen molar-refractivity contribution >= 4 is 23.0 Å². The number of benzene rings is 2. The molecule has 1 amide bonds. The zero-order valence-electron chi connectivity index (χ0n) is 15.8. The van der Waals surface area contributed by atoms with Crippen LogP contribution in [0.3, 0.4) is 0 Å². The van der Waals surface area contributed by atoms with E-state index in [0.717, 1.165) is 24.5 Å². The van der Waals surface area contributed by atoms with E-state index in [1.807, 2.05) is 30.3 Å². The molecule has 6 heteroatoms. The predicted octanol–water partition coefficient (Wildman–Crippen LogP) is 3.60. The van der Waals surface area contributed by atoms with Crippen molar-refractivity contribution in [3.05, 3.63) is 42.5 Å². The van der Waals surface area contributed by atoms with E-state index in [9.17, 15) is 4.79 Å². The van der Waals surface area contributed by atoms with E-state index in [4.69, 9.17) is 9.47 Å². The van der Waals surface area contributed by atoms with Gasteiger partial charge in [-0.15, -0.1) is 0 Å². The summed E-state index contributed by atoms with van der Waals surface area (Å²) in [4.78, 5) is 14.5. The molecule has 2 aromatic carbocycles. The Bertz CT molecular complexity index is 713. The van der Waals surface area contributed by atoms with Crippen molar-refractivity contribution in [2.75, 3.05) is 49.4 Å². The number of carbonyl (C=O) groups is 1. The van der Waals surface area contributed by atoms with E-state index < -0.39 is 0 Å². The average Bonchev–Trinajstić information content (AvgIpc) is 2.68. The van der Waals surface area contributed by atoms with E-state index in [2.05, 4.69) is 29.4 Å². The van der Waals surface area contributed by atoms with Gasteiger partial charge in [-0.2, -0.15) is 0 Å². The van der Waals surface area contributed by atoms with Crippen LogP contribution >= 0.6 is 0 Å². The molecule has 0 bridgehead atoms. The minimum Gasteiger partial charge on any atom is -0.497 e. The molecular weight excluding hydrogens is 330 g/mol. The first-order chi connectivity index (χ1) is 12.6. The Morgan fingerprint density at radius 3 is 2.27 bits per heavy atom. The Balaban J connectivity index is 1.95. The Labute approximate surface area is 155 Å². The average molecular weight is 357 g/mol. The minimum absolute atomic E-state index is 0.126. The molecule has 2 aromatic rings. The number of nitrogens with one attached hydrogen (secondary N) is 2. The van der Waals surface area contributed by atoms with Gasteiger partial charge < -0.3 is 25.0 Å². The highest BCUT2D eigenvalue weighted by Gasteiger charge is 2.08. The molecule has 2 N–H and O–H groups in total. The summed E-state index contributed by atoms with van der Waals surface area (Å²) >= 11 is 0. The topological polar surface area (TPSA) is 62.8 Å². The fraction of sp³-hybridized carbons (Fsp3) is 0.350. The van der Waals surface area contributed by atoms with Crippen molar-refractivity contribution in [3.63, 3.8) is 0 Å². The van der Waals surface area contributed by atoms with Crippen LogP contribution in [0.4, 0.5) is 17.1 Å². The number of methoxy groups -OCH3 is 2.